The van der Waals surface area contributed by atoms with Crippen LogP contribution in [0, 0.1) is 5.92 Å². The summed E-state index contributed by atoms with van der Waals surface area (Å²) in [4.78, 5) is 5.87. The van der Waals surface area contributed by atoms with E-state index in [9.17, 15) is 0 Å². The van der Waals surface area contributed by atoms with Gasteiger partial charge in [0, 0.05) is 30.4 Å². The van der Waals surface area contributed by atoms with Crippen LogP contribution in [-0.2, 0) is 6.42 Å². The van der Waals surface area contributed by atoms with Crippen LogP contribution in [0.1, 0.15) is 38.1 Å². The summed E-state index contributed by atoms with van der Waals surface area (Å²) >= 11 is 0. The Balaban J connectivity index is 2.40. The molecule has 0 amide bonds. The quantitative estimate of drug-likeness (QED) is 0.724. The first-order valence-electron chi connectivity index (χ1n) is 5.49. The second-order valence-corrected chi connectivity index (χ2v) is 4.82. The summed E-state index contributed by atoms with van der Waals surface area (Å²) in [7, 11) is 2.24. The van der Waals surface area contributed by atoms with Crippen LogP contribution in [0.25, 0.3) is 0 Å². The topological polar surface area (TPSA) is 19.0 Å². The van der Waals surface area contributed by atoms with E-state index in [1.807, 2.05) is 0 Å². The lowest BCUT2D eigenvalue weighted by molar-refractivity contribution is 0.128. The van der Waals surface area contributed by atoms with E-state index < -0.39 is 0 Å². The van der Waals surface area contributed by atoms with Gasteiger partial charge in [-0.25, -0.2) is 0 Å². The molecule has 14 heavy (non-hydrogen) atoms. The standard InChI is InChI=1S/C12H20N2/c1-8(2)12-10-5-6-13-11(10)7-9(3)14(12)4/h5-6,8-9,12-13H,7H2,1-4H3/t9-,12-/m0/s1. The van der Waals surface area contributed by atoms with E-state index in [0.29, 0.717) is 18.0 Å². The van der Waals surface area contributed by atoms with Crippen molar-refractivity contribution in [2.45, 2.75) is 39.3 Å². The van der Waals surface area contributed by atoms with Crippen molar-refractivity contribution in [2.24, 2.45) is 5.92 Å². The van der Waals surface area contributed by atoms with Crippen molar-refractivity contribution >= 4 is 0 Å². The molecule has 2 nitrogen and oxygen atoms in total. The maximum absolute atomic E-state index is 3.37. The minimum absolute atomic E-state index is 0.583. The minimum atomic E-state index is 0.583. The number of hydrogen-bond donors (Lipinski definition) is 1. The molecule has 2 rings (SSSR count). The maximum Gasteiger partial charge on any atom is 0.0388 e. The molecule has 0 fully saturated rings. The van der Waals surface area contributed by atoms with Crippen molar-refractivity contribution in [3.8, 4) is 0 Å². The third-order valence-corrected chi connectivity index (χ3v) is 3.45. The van der Waals surface area contributed by atoms with E-state index in [1.165, 1.54) is 11.3 Å². The molecular formula is C12H20N2. The summed E-state index contributed by atoms with van der Waals surface area (Å²) in [5.41, 5.74) is 2.94. The molecule has 0 aliphatic carbocycles. The normalized spacial score (nSPS) is 28.1. The molecule has 0 radical (unpaired) electrons. The lowest BCUT2D eigenvalue weighted by atomic mass is 9.88. The smallest absolute Gasteiger partial charge is 0.0388 e. The van der Waals surface area contributed by atoms with Crippen molar-refractivity contribution in [1.82, 2.24) is 9.88 Å². The fraction of sp³-hybridized carbons (Fsp3) is 0.667. The summed E-state index contributed by atoms with van der Waals surface area (Å²) in [5, 5.41) is 0. The van der Waals surface area contributed by atoms with Gasteiger partial charge in [-0.3, -0.25) is 4.90 Å². The van der Waals surface area contributed by atoms with Gasteiger partial charge in [-0.15, -0.1) is 0 Å². The summed E-state index contributed by atoms with van der Waals surface area (Å²) in [6.07, 6.45) is 3.23. The van der Waals surface area contributed by atoms with Gasteiger partial charge in [-0.1, -0.05) is 13.8 Å². The molecule has 0 unspecified atom stereocenters. The molecule has 2 heterocycles. The first-order valence-corrected chi connectivity index (χ1v) is 5.49. The summed E-state index contributed by atoms with van der Waals surface area (Å²) in [6, 6.07) is 3.47. The number of rotatable bonds is 1. The Bertz CT molecular complexity index is 314. The highest BCUT2D eigenvalue weighted by molar-refractivity contribution is 5.28. The summed E-state index contributed by atoms with van der Waals surface area (Å²) < 4.78 is 0. The van der Waals surface area contributed by atoms with Crippen LogP contribution in [0.4, 0.5) is 0 Å². The second-order valence-electron chi connectivity index (χ2n) is 4.82. The Morgan fingerprint density at radius 2 is 2.21 bits per heavy atom. The van der Waals surface area contributed by atoms with Gasteiger partial charge in [0.2, 0.25) is 0 Å². The maximum atomic E-state index is 3.37. The van der Waals surface area contributed by atoms with Gasteiger partial charge in [0.25, 0.3) is 0 Å². The van der Waals surface area contributed by atoms with Gasteiger partial charge in [-0.2, -0.15) is 0 Å². The van der Waals surface area contributed by atoms with Gasteiger partial charge in [-0.05, 0) is 31.5 Å². The molecule has 78 valence electrons. The van der Waals surface area contributed by atoms with Gasteiger partial charge in [0.05, 0.1) is 0 Å². The molecule has 1 aromatic heterocycles. The van der Waals surface area contributed by atoms with Crippen molar-refractivity contribution in [3.63, 3.8) is 0 Å². The number of aromatic nitrogens is 1. The lowest BCUT2D eigenvalue weighted by Gasteiger charge is -2.40. The highest BCUT2D eigenvalue weighted by Gasteiger charge is 2.31. The van der Waals surface area contributed by atoms with Crippen molar-refractivity contribution in [3.05, 3.63) is 23.5 Å². The van der Waals surface area contributed by atoms with E-state index in [-0.39, 0.29) is 0 Å². The molecule has 0 bridgehead atoms. The molecule has 0 spiro atoms. The fourth-order valence-electron chi connectivity index (χ4n) is 2.63. The number of aromatic amines is 1. The number of H-pyrrole nitrogens is 1. The highest BCUT2D eigenvalue weighted by atomic mass is 15.2. The zero-order chi connectivity index (χ0) is 10.3. The first-order chi connectivity index (χ1) is 6.61. The van der Waals surface area contributed by atoms with E-state index >= 15 is 0 Å². The largest absolute Gasteiger partial charge is 0.365 e. The van der Waals surface area contributed by atoms with Crippen molar-refractivity contribution < 1.29 is 0 Å². The van der Waals surface area contributed by atoms with E-state index in [1.54, 1.807) is 0 Å². The molecule has 1 aliphatic heterocycles. The molecule has 0 saturated carbocycles. The molecular weight excluding hydrogens is 172 g/mol. The Kier molecular flexibility index (Phi) is 2.40. The van der Waals surface area contributed by atoms with Crippen LogP contribution in [0.2, 0.25) is 0 Å². The average molecular weight is 192 g/mol. The zero-order valence-electron chi connectivity index (χ0n) is 9.54. The number of nitrogens with zero attached hydrogens (tertiary/aromatic N) is 1. The van der Waals surface area contributed by atoms with Crippen LogP contribution in [0.15, 0.2) is 12.3 Å². The predicted molar refractivity (Wildman–Crippen MR) is 59.3 cm³/mol. The number of fused-ring (bicyclic) bond motifs is 1. The minimum Gasteiger partial charge on any atom is -0.365 e. The fourth-order valence-corrected chi connectivity index (χ4v) is 2.63. The van der Waals surface area contributed by atoms with Crippen LogP contribution >= 0.6 is 0 Å². The van der Waals surface area contributed by atoms with E-state index in [4.69, 9.17) is 0 Å². The van der Waals surface area contributed by atoms with E-state index in [0.717, 1.165) is 6.42 Å². The van der Waals surface area contributed by atoms with Crippen LogP contribution in [0.5, 0.6) is 0 Å². The molecule has 0 aromatic carbocycles. The molecule has 1 aliphatic rings. The van der Waals surface area contributed by atoms with Crippen LogP contribution in [0.3, 0.4) is 0 Å². The highest BCUT2D eigenvalue weighted by Crippen LogP contribution is 2.35. The first kappa shape index (κ1) is 9.78. The monoisotopic (exact) mass is 192 g/mol. The van der Waals surface area contributed by atoms with E-state index in [2.05, 4.69) is 50.0 Å². The third kappa shape index (κ3) is 1.38. The molecule has 0 saturated heterocycles. The van der Waals surface area contributed by atoms with Gasteiger partial charge < -0.3 is 4.98 Å². The third-order valence-electron chi connectivity index (χ3n) is 3.45. The Hall–Kier alpha value is -0.760. The second kappa shape index (κ2) is 3.43. The summed E-state index contributed by atoms with van der Waals surface area (Å²) in [6.45, 7) is 6.91. The number of nitrogens with one attached hydrogen (secondary N) is 1. The van der Waals surface area contributed by atoms with Gasteiger partial charge in [0.1, 0.15) is 0 Å². The van der Waals surface area contributed by atoms with Crippen molar-refractivity contribution in [2.75, 3.05) is 7.05 Å². The molecule has 1 N–H and O–H groups in total. The summed E-state index contributed by atoms with van der Waals surface area (Å²) in [5.74, 6) is 0.678. The Labute approximate surface area is 86.3 Å². The SMILES string of the molecule is CC(C)[C@H]1c2cc[nH]c2C[C@H](C)N1C. The Morgan fingerprint density at radius 1 is 1.50 bits per heavy atom. The number of likely N-dealkylation sites (N-methyl/N-ethyl adjacent to an activating group) is 1. The van der Waals surface area contributed by atoms with Crippen LogP contribution in [-0.4, -0.2) is 23.0 Å². The Morgan fingerprint density at radius 3 is 2.86 bits per heavy atom. The average Bonchev–Trinajstić information content (AvgIpc) is 2.52. The van der Waals surface area contributed by atoms with Gasteiger partial charge in [0.15, 0.2) is 0 Å². The predicted octanol–water partition coefficient (Wildman–Crippen LogP) is 2.59. The number of hydrogen-bond acceptors (Lipinski definition) is 1. The van der Waals surface area contributed by atoms with Gasteiger partial charge >= 0.3 is 0 Å². The van der Waals surface area contributed by atoms with Crippen molar-refractivity contribution in [1.29, 1.82) is 0 Å². The molecule has 2 atom stereocenters. The molecule has 1 aromatic rings. The molecule has 2 heteroatoms. The zero-order valence-corrected chi connectivity index (χ0v) is 9.54. The van der Waals surface area contributed by atoms with Crippen LogP contribution < -0.4 is 0 Å². The lowest BCUT2D eigenvalue weighted by Crippen LogP contribution is -2.41.